The molecule has 0 aliphatic carbocycles. The van der Waals surface area contributed by atoms with Crippen LogP contribution in [0.25, 0.3) is 0 Å². The zero-order chi connectivity index (χ0) is 18.6. The predicted octanol–water partition coefficient (Wildman–Crippen LogP) is 2.09. The quantitative estimate of drug-likeness (QED) is 0.756. The SMILES string of the molecule is CN(C)CCOc1ccccc1NC1=[N+]=C(CC2=NC3=NCCC=C23)C=C1. The fraction of sp³-hybridized carbons (Fsp3) is 0.333. The maximum Gasteiger partial charge on any atom is 0.373 e. The van der Waals surface area contributed by atoms with Crippen LogP contribution in [-0.4, -0.2) is 61.8 Å². The molecule has 0 unspecified atom stereocenters. The van der Waals surface area contributed by atoms with Crippen LogP contribution < -0.4 is 14.7 Å². The van der Waals surface area contributed by atoms with Gasteiger partial charge in [0.15, 0.2) is 17.3 Å². The van der Waals surface area contributed by atoms with Crippen molar-refractivity contribution >= 4 is 28.8 Å². The smallest absolute Gasteiger partial charge is 0.373 e. The van der Waals surface area contributed by atoms with E-state index in [1.807, 2.05) is 50.5 Å². The van der Waals surface area contributed by atoms with E-state index in [9.17, 15) is 0 Å². The third-order valence-electron chi connectivity index (χ3n) is 4.52. The van der Waals surface area contributed by atoms with Gasteiger partial charge in [0.25, 0.3) is 0 Å². The summed E-state index contributed by atoms with van der Waals surface area (Å²) < 4.78 is 10.6. The second-order valence-electron chi connectivity index (χ2n) is 6.94. The molecule has 0 saturated carbocycles. The molecule has 0 amide bonds. The normalized spacial score (nSPS) is 17.4. The molecule has 3 aliphatic rings. The number of hydrogen-bond donors (Lipinski definition) is 1. The lowest BCUT2D eigenvalue weighted by Crippen LogP contribution is -2.28. The van der Waals surface area contributed by atoms with Gasteiger partial charge in [-0.05, 0) is 32.6 Å². The van der Waals surface area contributed by atoms with Crippen LogP contribution >= 0.6 is 0 Å². The minimum atomic E-state index is 0.643. The van der Waals surface area contributed by atoms with Gasteiger partial charge in [0, 0.05) is 24.7 Å². The highest BCUT2D eigenvalue weighted by atomic mass is 16.5. The first kappa shape index (κ1) is 17.5. The Morgan fingerprint density at radius 1 is 1.22 bits per heavy atom. The number of dihydropyridines is 1. The molecule has 0 atom stereocenters. The molecule has 138 valence electrons. The van der Waals surface area contributed by atoms with Crippen LogP contribution in [-0.2, 0) is 0 Å². The summed E-state index contributed by atoms with van der Waals surface area (Å²) in [6.07, 6.45) is 8.01. The molecule has 0 saturated heterocycles. The highest BCUT2D eigenvalue weighted by Gasteiger charge is 2.28. The second kappa shape index (κ2) is 7.74. The number of rotatable bonds is 7. The lowest BCUT2D eigenvalue weighted by atomic mass is 9.96. The average Bonchev–Trinajstić information content (AvgIpc) is 3.08. The molecule has 6 heteroatoms. The van der Waals surface area contributed by atoms with Gasteiger partial charge in [-0.2, -0.15) is 0 Å². The molecule has 0 bridgehead atoms. The van der Waals surface area contributed by atoms with Gasteiger partial charge in [-0.25, -0.2) is 15.0 Å². The lowest BCUT2D eigenvalue weighted by Gasteiger charge is -2.21. The van der Waals surface area contributed by atoms with E-state index in [2.05, 4.69) is 26.3 Å². The highest BCUT2D eigenvalue weighted by molar-refractivity contribution is 6.39. The van der Waals surface area contributed by atoms with Gasteiger partial charge in [-0.1, -0.05) is 18.2 Å². The molecule has 0 radical (unpaired) electrons. The molecule has 4 rings (SSSR count). The second-order valence-corrected chi connectivity index (χ2v) is 6.94. The number of amidine groups is 2. The summed E-state index contributed by atoms with van der Waals surface area (Å²) in [5.74, 6) is 2.56. The van der Waals surface area contributed by atoms with Crippen LogP contribution in [0.1, 0.15) is 12.8 Å². The molecule has 1 N–H and O–H groups in total. The highest BCUT2D eigenvalue weighted by Crippen LogP contribution is 2.24. The number of allylic oxidation sites excluding steroid dienone is 1. The number of aliphatic imine (C=N–C) groups is 2. The molecular weight excluding hydrogens is 338 g/mol. The Morgan fingerprint density at radius 2 is 2.11 bits per heavy atom. The van der Waals surface area contributed by atoms with Crippen LogP contribution in [0.3, 0.4) is 0 Å². The molecule has 3 heterocycles. The van der Waals surface area contributed by atoms with Crippen molar-refractivity contribution < 1.29 is 4.74 Å². The Bertz CT molecular complexity index is 930. The number of fused-ring (bicyclic) bond motifs is 1. The summed E-state index contributed by atoms with van der Waals surface area (Å²) in [7, 11) is 4.07. The minimum absolute atomic E-state index is 0.643. The summed E-state index contributed by atoms with van der Waals surface area (Å²) in [5, 5.41) is 3.37. The minimum Gasteiger partial charge on any atom is -0.488 e. The fourth-order valence-electron chi connectivity index (χ4n) is 3.08. The zero-order valence-electron chi connectivity index (χ0n) is 15.8. The first-order valence-corrected chi connectivity index (χ1v) is 9.28. The predicted molar refractivity (Wildman–Crippen MR) is 112 cm³/mol. The molecule has 3 aliphatic heterocycles. The fourth-order valence-corrected chi connectivity index (χ4v) is 3.08. The first-order valence-electron chi connectivity index (χ1n) is 9.28. The van der Waals surface area contributed by atoms with Gasteiger partial charge in [-0.15, -0.1) is 0 Å². The third-order valence-corrected chi connectivity index (χ3v) is 4.52. The van der Waals surface area contributed by atoms with Crippen LogP contribution in [0.15, 0.2) is 58.1 Å². The number of benzene rings is 1. The van der Waals surface area contributed by atoms with E-state index in [1.165, 1.54) is 5.57 Å². The number of anilines is 1. The maximum atomic E-state index is 5.91. The van der Waals surface area contributed by atoms with Crippen molar-refractivity contribution in [2.45, 2.75) is 12.8 Å². The van der Waals surface area contributed by atoms with E-state index in [0.29, 0.717) is 6.61 Å². The maximum absolute atomic E-state index is 5.91. The van der Waals surface area contributed by atoms with Crippen molar-refractivity contribution in [3.05, 3.63) is 48.1 Å². The van der Waals surface area contributed by atoms with Crippen molar-refractivity contribution in [3.63, 3.8) is 0 Å². The summed E-state index contributed by atoms with van der Waals surface area (Å²) in [6.45, 7) is 2.37. The molecule has 0 fully saturated rings. The molecule has 1 aromatic rings. The monoisotopic (exact) mass is 362 g/mol. The number of nitrogens with zero attached hydrogens (tertiary/aromatic N) is 4. The topological polar surface area (TPSA) is 63.3 Å². The summed E-state index contributed by atoms with van der Waals surface area (Å²) in [5.41, 5.74) is 4.22. The average molecular weight is 362 g/mol. The van der Waals surface area contributed by atoms with Crippen molar-refractivity contribution in [2.75, 3.05) is 39.1 Å². The van der Waals surface area contributed by atoms with Crippen molar-refractivity contribution in [1.82, 2.24) is 9.57 Å². The first-order chi connectivity index (χ1) is 13.2. The number of nitrogens with one attached hydrogen (secondary N) is 1. The van der Waals surface area contributed by atoms with E-state index in [0.717, 1.165) is 60.5 Å². The Morgan fingerprint density at radius 3 is 2.96 bits per heavy atom. The largest absolute Gasteiger partial charge is 0.488 e. The van der Waals surface area contributed by atoms with E-state index >= 15 is 0 Å². The van der Waals surface area contributed by atoms with E-state index in [4.69, 9.17) is 9.40 Å². The summed E-state index contributed by atoms with van der Waals surface area (Å²) in [6, 6.07) is 7.95. The Hall–Kier alpha value is -2.95. The van der Waals surface area contributed by atoms with Crippen LogP contribution in [0.4, 0.5) is 5.69 Å². The Balaban J connectivity index is 1.43. The summed E-state index contributed by atoms with van der Waals surface area (Å²) >= 11 is 0. The lowest BCUT2D eigenvalue weighted by molar-refractivity contribution is 0.262. The van der Waals surface area contributed by atoms with Crippen LogP contribution in [0.2, 0.25) is 0 Å². The van der Waals surface area contributed by atoms with Gasteiger partial charge in [0.1, 0.15) is 6.61 Å². The van der Waals surface area contributed by atoms with Gasteiger partial charge in [-0.3, -0.25) is 4.99 Å². The van der Waals surface area contributed by atoms with Gasteiger partial charge in [0.05, 0.1) is 18.2 Å². The van der Waals surface area contributed by atoms with E-state index < -0.39 is 0 Å². The van der Waals surface area contributed by atoms with Crippen molar-refractivity contribution in [3.8, 4) is 5.75 Å². The Labute approximate surface area is 159 Å². The Kier molecular flexibility index (Phi) is 5.01. The van der Waals surface area contributed by atoms with Crippen molar-refractivity contribution in [2.24, 2.45) is 9.98 Å². The van der Waals surface area contributed by atoms with Gasteiger partial charge in [0.2, 0.25) is 5.71 Å². The molecule has 27 heavy (non-hydrogen) atoms. The van der Waals surface area contributed by atoms with Crippen LogP contribution in [0.5, 0.6) is 5.75 Å². The van der Waals surface area contributed by atoms with Gasteiger partial charge >= 0.3 is 5.84 Å². The third kappa shape index (κ3) is 4.08. The number of ether oxygens (including phenoxy) is 1. The molecule has 0 spiro atoms. The molecule has 0 aromatic heterocycles. The summed E-state index contributed by atoms with van der Waals surface area (Å²) in [4.78, 5) is 11.0. The number of hydrogen-bond acceptors (Lipinski definition) is 5. The molecule has 1 aromatic carbocycles. The number of para-hydroxylation sites is 2. The molecule has 6 nitrogen and oxygen atoms in total. The van der Waals surface area contributed by atoms with Crippen LogP contribution in [0, 0.1) is 0 Å². The van der Waals surface area contributed by atoms with E-state index in [1.54, 1.807) is 0 Å². The molecular formula is C21H24N5O+. The van der Waals surface area contributed by atoms with E-state index in [-0.39, 0.29) is 0 Å². The zero-order valence-corrected chi connectivity index (χ0v) is 15.8. The van der Waals surface area contributed by atoms with Crippen molar-refractivity contribution in [1.29, 1.82) is 0 Å². The number of likely N-dealkylation sites (N-methyl/N-ethyl adjacent to an activating group) is 1. The van der Waals surface area contributed by atoms with Gasteiger partial charge < -0.3 is 9.64 Å². The standard InChI is InChI=1S/C21H23N5O/c1-26(2)12-13-27-19-8-4-3-7-17(19)24-20-10-9-15(23-20)14-18-16-6-5-11-22-21(16)25-18/h3-4,6-10H,5,11-14H2,1-2H3/p+1.